The third-order valence-electron chi connectivity index (χ3n) is 3.68. The third-order valence-corrected chi connectivity index (χ3v) is 4.80. The molecule has 0 saturated heterocycles. The van der Waals surface area contributed by atoms with Crippen LogP contribution in [-0.2, 0) is 21.1 Å². The van der Waals surface area contributed by atoms with Gasteiger partial charge in [0.1, 0.15) is 13.7 Å². The first-order chi connectivity index (χ1) is 13.0. The smallest absolute Gasteiger partial charge is 0.280 e. The first kappa shape index (κ1) is 20.5. The minimum atomic E-state index is -0.303. The minimum absolute atomic E-state index is 0.232. The van der Waals surface area contributed by atoms with Gasteiger partial charge in [0.25, 0.3) is 5.91 Å². The summed E-state index contributed by atoms with van der Waals surface area (Å²) in [5, 5.41) is 10.8. The molecule has 0 aromatic heterocycles. The number of hydrogen-bond donors (Lipinski definition) is 1. The highest BCUT2D eigenvalue weighted by Crippen LogP contribution is 2.26. The molecule has 0 spiro atoms. The van der Waals surface area contributed by atoms with Gasteiger partial charge >= 0.3 is 0 Å². The molecule has 2 rings (SSSR count). The fraction of sp³-hybridized carbons (Fsp3) is 0.250. The number of rotatable bonds is 6. The second-order valence-electron chi connectivity index (χ2n) is 5.68. The highest BCUT2D eigenvalue weighted by atomic mass is 32.2. The number of hydrogen-bond acceptors (Lipinski definition) is 6. The van der Waals surface area contributed by atoms with Crippen molar-refractivity contribution in [1.82, 2.24) is 5.32 Å². The lowest BCUT2D eigenvalue weighted by molar-refractivity contribution is -0.114. The van der Waals surface area contributed by atoms with E-state index in [-0.39, 0.29) is 11.0 Å². The molecule has 0 bridgehead atoms. The van der Waals surface area contributed by atoms with Gasteiger partial charge in [-0.2, -0.15) is 0 Å². The van der Waals surface area contributed by atoms with Crippen LogP contribution in [0.5, 0.6) is 0 Å². The van der Waals surface area contributed by atoms with Gasteiger partial charge in [-0.1, -0.05) is 64.5 Å². The molecule has 1 N–H and O–H groups in total. The quantitative estimate of drug-likeness (QED) is 0.356. The van der Waals surface area contributed by atoms with E-state index in [1.54, 1.807) is 7.05 Å². The zero-order valence-corrected chi connectivity index (χ0v) is 16.7. The number of amides is 1. The van der Waals surface area contributed by atoms with Gasteiger partial charge in [0.15, 0.2) is 0 Å². The van der Waals surface area contributed by atoms with Crippen molar-refractivity contribution in [3.63, 3.8) is 0 Å². The van der Waals surface area contributed by atoms with E-state index in [1.807, 2.05) is 62.4 Å². The average Bonchev–Trinajstić information content (AvgIpc) is 2.69. The number of aryl methyl sites for hydroxylation is 1. The standard InChI is InChI=1S/C20H23N3O3S/c1-14-10-11-17(12-18(14)27-20(23-25-4)19(24)21-3)15(2)22-26-13-16-8-6-5-7-9-16/h5-12H,13H2,1-4H3,(H,21,24). The van der Waals surface area contributed by atoms with Crippen LogP contribution in [0.15, 0.2) is 63.7 Å². The molecule has 6 nitrogen and oxygen atoms in total. The van der Waals surface area contributed by atoms with Crippen molar-refractivity contribution >= 4 is 28.4 Å². The number of benzene rings is 2. The van der Waals surface area contributed by atoms with Crippen molar-refractivity contribution in [3.05, 3.63) is 65.2 Å². The molecule has 2 aromatic carbocycles. The fourth-order valence-electron chi connectivity index (χ4n) is 2.17. The lowest BCUT2D eigenvalue weighted by Crippen LogP contribution is -2.25. The highest BCUT2D eigenvalue weighted by Gasteiger charge is 2.15. The Labute approximate surface area is 163 Å². The largest absolute Gasteiger partial charge is 0.398 e. The molecule has 1 amide bonds. The number of nitrogens with one attached hydrogen (secondary N) is 1. The molecular formula is C20H23N3O3S. The third kappa shape index (κ3) is 6.14. The number of oxime groups is 2. The monoisotopic (exact) mass is 385 g/mol. The molecule has 0 aliphatic carbocycles. The first-order valence-corrected chi connectivity index (χ1v) is 9.19. The molecule has 0 atom stereocenters. The number of nitrogens with zero attached hydrogens (tertiary/aromatic N) is 2. The van der Waals surface area contributed by atoms with Gasteiger partial charge in [0.2, 0.25) is 5.04 Å². The van der Waals surface area contributed by atoms with E-state index in [0.717, 1.165) is 27.3 Å². The van der Waals surface area contributed by atoms with Crippen molar-refractivity contribution in [3.8, 4) is 0 Å². The van der Waals surface area contributed by atoms with Crippen molar-refractivity contribution < 1.29 is 14.5 Å². The van der Waals surface area contributed by atoms with E-state index in [9.17, 15) is 4.79 Å². The van der Waals surface area contributed by atoms with Gasteiger partial charge < -0.3 is 15.0 Å². The van der Waals surface area contributed by atoms with Crippen LogP contribution in [0.1, 0.15) is 23.6 Å². The van der Waals surface area contributed by atoms with Crippen molar-refractivity contribution in [2.24, 2.45) is 10.3 Å². The van der Waals surface area contributed by atoms with Crippen LogP contribution >= 0.6 is 11.8 Å². The molecule has 0 fully saturated rings. The maximum absolute atomic E-state index is 11.9. The molecule has 0 aliphatic rings. The van der Waals surface area contributed by atoms with Crippen LogP contribution in [0.3, 0.4) is 0 Å². The molecule has 0 heterocycles. The number of carbonyl (C=O) groups is 1. The summed E-state index contributed by atoms with van der Waals surface area (Å²) in [6, 6.07) is 15.8. The Morgan fingerprint density at radius 2 is 1.89 bits per heavy atom. The maximum atomic E-state index is 11.9. The van der Waals surface area contributed by atoms with Crippen LogP contribution < -0.4 is 5.32 Å². The predicted octanol–water partition coefficient (Wildman–Crippen LogP) is 3.73. The van der Waals surface area contributed by atoms with Crippen LogP contribution in [0.25, 0.3) is 0 Å². The lowest BCUT2D eigenvalue weighted by atomic mass is 10.1. The molecule has 2 aromatic rings. The van der Waals surface area contributed by atoms with Gasteiger partial charge in [0.05, 0.1) is 5.71 Å². The minimum Gasteiger partial charge on any atom is -0.398 e. The maximum Gasteiger partial charge on any atom is 0.280 e. The Morgan fingerprint density at radius 3 is 2.56 bits per heavy atom. The molecule has 0 unspecified atom stereocenters. The fourth-order valence-corrected chi connectivity index (χ4v) is 3.10. The second-order valence-corrected chi connectivity index (χ2v) is 6.71. The molecule has 27 heavy (non-hydrogen) atoms. The SMILES string of the molecule is CNC(=O)C(=NOC)Sc1cc(C(C)=NOCc2ccccc2)ccc1C. The summed E-state index contributed by atoms with van der Waals surface area (Å²) < 4.78 is 0. The van der Waals surface area contributed by atoms with E-state index in [1.165, 1.54) is 18.9 Å². The van der Waals surface area contributed by atoms with Crippen LogP contribution in [0, 0.1) is 6.92 Å². The summed E-state index contributed by atoms with van der Waals surface area (Å²) in [4.78, 5) is 23.0. The zero-order valence-electron chi connectivity index (χ0n) is 15.9. The van der Waals surface area contributed by atoms with E-state index >= 15 is 0 Å². The van der Waals surface area contributed by atoms with Crippen molar-refractivity contribution in [2.75, 3.05) is 14.2 Å². The summed E-state index contributed by atoms with van der Waals surface area (Å²) in [7, 11) is 2.96. The Balaban J connectivity index is 2.14. The van der Waals surface area contributed by atoms with E-state index in [0.29, 0.717) is 6.61 Å². The van der Waals surface area contributed by atoms with Gasteiger partial charge in [0, 0.05) is 17.5 Å². The van der Waals surface area contributed by atoms with E-state index in [4.69, 9.17) is 9.68 Å². The van der Waals surface area contributed by atoms with E-state index in [2.05, 4.69) is 15.6 Å². The summed E-state index contributed by atoms with van der Waals surface area (Å²) in [6.07, 6.45) is 0. The molecule has 142 valence electrons. The van der Waals surface area contributed by atoms with Gasteiger partial charge in [-0.3, -0.25) is 4.79 Å². The van der Waals surface area contributed by atoms with Crippen LogP contribution in [0.2, 0.25) is 0 Å². The van der Waals surface area contributed by atoms with Crippen molar-refractivity contribution in [2.45, 2.75) is 25.3 Å². The second kappa shape index (κ2) is 10.4. The number of thioether (sulfide) groups is 1. The molecule has 0 saturated carbocycles. The summed E-state index contributed by atoms with van der Waals surface area (Å²) in [6.45, 7) is 4.26. The van der Waals surface area contributed by atoms with Crippen molar-refractivity contribution in [1.29, 1.82) is 0 Å². The van der Waals surface area contributed by atoms with Crippen LogP contribution in [0.4, 0.5) is 0 Å². The summed E-state index contributed by atoms with van der Waals surface area (Å²) >= 11 is 1.24. The normalized spacial score (nSPS) is 11.9. The highest BCUT2D eigenvalue weighted by molar-refractivity contribution is 8.15. The van der Waals surface area contributed by atoms with Gasteiger partial charge in [-0.15, -0.1) is 0 Å². The Kier molecular flexibility index (Phi) is 7.88. The number of carbonyl (C=O) groups excluding carboxylic acids is 1. The average molecular weight is 385 g/mol. The predicted molar refractivity (Wildman–Crippen MR) is 109 cm³/mol. The first-order valence-electron chi connectivity index (χ1n) is 8.37. The van der Waals surface area contributed by atoms with Gasteiger partial charge in [-0.25, -0.2) is 0 Å². The Hall–Kier alpha value is -2.80. The zero-order chi connectivity index (χ0) is 19.6. The van der Waals surface area contributed by atoms with E-state index < -0.39 is 0 Å². The molecule has 0 radical (unpaired) electrons. The van der Waals surface area contributed by atoms with Crippen LogP contribution in [-0.4, -0.2) is 30.8 Å². The Morgan fingerprint density at radius 1 is 1.15 bits per heavy atom. The molecular weight excluding hydrogens is 362 g/mol. The Bertz CT molecular complexity index is 836. The summed E-state index contributed by atoms with van der Waals surface area (Å²) in [5.74, 6) is -0.303. The molecule has 7 heteroatoms. The molecule has 0 aliphatic heterocycles. The van der Waals surface area contributed by atoms with Gasteiger partial charge in [-0.05, 0) is 31.0 Å². The lowest BCUT2D eigenvalue weighted by Gasteiger charge is -2.09. The summed E-state index contributed by atoms with van der Waals surface area (Å²) in [5.41, 5.74) is 3.73. The topological polar surface area (TPSA) is 72.3 Å².